The highest BCUT2D eigenvalue weighted by atomic mass is 79.9. The van der Waals surface area contributed by atoms with Crippen LogP contribution >= 0.6 is 15.9 Å². The fourth-order valence-electron chi connectivity index (χ4n) is 2.47. The third-order valence-electron chi connectivity index (χ3n) is 3.57. The van der Waals surface area contributed by atoms with Crippen molar-refractivity contribution >= 4 is 38.5 Å². The molecule has 0 aliphatic heterocycles. The molecule has 0 unspecified atom stereocenters. The largest absolute Gasteiger partial charge is 0.451 e. The first-order valence-electron chi connectivity index (χ1n) is 7.17. The Morgan fingerprint density at radius 3 is 2.78 bits per heavy atom. The maximum absolute atomic E-state index is 12.6. The number of hydrogen-bond donors (Lipinski definition) is 1. The Balaban J connectivity index is 1.98. The second-order valence-corrected chi connectivity index (χ2v) is 6.13. The van der Waals surface area contributed by atoms with Crippen LogP contribution in [0.4, 0.5) is 5.69 Å². The molecule has 3 rings (SSSR count). The van der Waals surface area contributed by atoms with Crippen LogP contribution in [0, 0.1) is 6.92 Å². The number of rotatable bonds is 4. The monoisotopic (exact) mass is 373 g/mol. The number of anilines is 1. The van der Waals surface area contributed by atoms with E-state index in [9.17, 15) is 4.79 Å². The van der Waals surface area contributed by atoms with Gasteiger partial charge in [0.2, 0.25) is 0 Å². The summed E-state index contributed by atoms with van der Waals surface area (Å²) < 4.78 is 11.8. The van der Waals surface area contributed by atoms with E-state index in [4.69, 9.17) is 9.15 Å². The summed E-state index contributed by atoms with van der Waals surface area (Å²) in [4.78, 5) is 12.6. The molecule has 0 radical (unpaired) electrons. The molecule has 118 valence electrons. The van der Waals surface area contributed by atoms with Crippen LogP contribution in [0.5, 0.6) is 0 Å². The predicted molar refractivity (Wildman–Crippen MR) is 93.8 cm³/mol. The number of benzene rings is 2. The van der Waals surface area contributed by atoms with Crippen molar-refractivity contribution in [2.75, 3.05) is 12.4 Å². The number of carbonyl (C=O) groups is 1. The Morgan fingerprint density at radius 2 is 2.04 bits per heavy atom. The number of hydrogen-bond acceptors (Lipinski definition) is 3. The molecule has 0 saturated carbocycles. The summed E-state index contributed by atoms with van der Waals surface area (Å²) in [6.07, 6.45) is 0. The molecule has 1 heterocycles. The number of carbonyl (C=O) groups excluding carboxylic acids is 1. The average molecular weight is 374 g/mol. The van der Waals surface area contributed by atoms with Gasteiger partial charge in [-0.05, 0) is 46.6 Å². The lowest BCUT2D eigenvalue weighted by molar-refractivity contribution is 0.0992. The fourth-order valence-corrected chi connectivity index (χ4v) is 3.06. The maximum atomic E-state index is 12.6. The summed E-state index contributed by atoms with van der Waals surface area (Å²) >= 11 is 3.46. The molecule has 1 amide bonds. The second kappa shape index (κ2) is 6.56. The quantitative estimate of drug-likeness (QED) is 0.707. The Kier molecular flexibility index (Phi) is 4.50. The van der Waals surface area contributed by atoms with Crippen molar-refractivity contribution in [1.82, 2.24) is 0 Å². The standard InChI is InChI=1S/C18H16BrNO3/c1-11-7-8-15(14(19)9-11)20-18(21)17-13(10-22-2)12-5-3-4-6-16(12)23-17/h3-9H,10H2,1-2H3,(H,20,21). The smallest absolute Gasteiger partial charge is 0.291 e. The van der Waals surface area contributed by atoms with Gasteiger partial charge in [-0.3, -0.25) is 4.79 Å². The van der Waals surface area contributed by atoms with E-state index in [2.05, 4.69) is 21.2 Å². The topological polar surface area (TPSA) is 51.5 Å². The molecule has 1 N–H and O–H groups in total. The zero-order valence-electron chi connectivity index (χ0n) is 12.9. The van der Waals surface area contributed by atoms with E-state index in [1.165, 1.54) is 0 Å². The van der Waals surface area contributed by atoms with Crippen molar-refractivity contribution in [2.45, 2.75) is 13.5 Å². The number of aryl methyl sites for hydroxylation is 1. The van der Waals surface area contributed by atoms with Crippen molar-refractivity contribution in [1.29, 1.82) is 0 Å². The van der Waals surface area contributed by atoms with Crippen molar-refractivity contribution in [3.8, 4) is 0 Å². The molecule has 0 saturated heterocycles. The van der Waals surface area contributed by atoms with Crippen molar-refractivity contribution in [3.05, 3.63) is 63.8 Å². The van der Waals surface area contributed by atoms with Gasteiger partial charge in [0, 0.05) is 22.5 Å². The summed E-state index contributed by atoms with van der Waals surface area (Å²) in [6.45, 7) is 2.31. The second-order valence-electron chi connectivity index (χ2n) is 5.28. The van der Waals surface area contributed by atoms with Crippen LogP contribution in [0.15, 0.2) is 51.4 Å². The van der Waals surface area contributed by atoms with Gasteiger partial charge in [-0.15, -0.1) is 0 Å². The Bertz CT molecular complexity index is 870. The third-order valence-corrected chi connectivity index (χ3v) is 4.22. The summed E-state index contributed by atoms with van der Waals surface area (Å²) in [7, 11) is 1.60. The van der Waals surface area contributed by atoms with Gasteiger partial charge in [0.05, 0.1) is 12.3 Å². The highest BCUT2D eigenvalue weighted by molar-refractivity contribution is 9.10. The van der Waals surface area contributed by atoms with Crippen molar-refractivity contribution in [3.63, 3.8) is 0 Å². The summed E-state index contributed by atoms with van der Waals surface area (Å²) in [5.41, 5.74) is 3.24. The zero-order valence-corrected chi connectivity index (χ0v) is 14.4. The van der Waals surface area contributed by atoms with Gasteiger partial charge in [-0.1, -0.05) is 24.3 Å². The Hall–Kier alpha value is -2.11. The summed E-state index contributed by atoms with van der Waals surface area (Å²) in [6, 6.07) is 13.3. The lowest BCUT2D eigenvalue weighted by atomic mass is 10.1. The SMILES string of the molecule is COCc1c(C(=O)Nc2ccc(C)cc2Br)oc2ccccc12. The highest BCUT2D eigenvalue weighted by Crippen LogP contribution is 2.29. The summed E-state index contributed by atoms with van der Waals surface area (Å²) in [5, 5.41) is 3.77. The van der Waals surface area contributed by atoms with Gasteiger partial charge in [0.25, 0.3) is 5.91 Å². The molecule has 0 bridgehead atoms. The highest BCUT2D eigenvalue weighted by Gasteiger charge is 2.21. The van der Waals surface area contributed by atoms with Gasteiger partial charge in [-0.25, -0.2) is 0 Å². The molecular formula is C18H16BrNO3. The van der Waals surface area contributed by atoms with E-state index in [0.717, 1.165) is 21.0 Å². The molecule has 5 heteroatoms. The number of para-hydroxylation sites is 1. The van der Waals surface area contributed by atoms with E-state index >= 15 is 0 Å². The number of furan rings is 1. The van der Waals surface area contributed by atoms with Crippen LogP contribution in [0.25, 0.3) is 11.0 Å². The average Bonchev–Trinajstić information content (AvgIpc) is 2.90. The van der Waals surface area contributed by atoms with E-state index < -0.39 is 0 Å². The van der Waals surface area contributed by atoms with Crippen LogP contribution in [-0.4, -0.2) is 13.0 Å². The summed E-state index contributed by atoms with van der Waals surface area (Å²) in [5.74, 6) is -0.0154. The minimum absolute atomic E-state index is 0.278. The normalized spacial score (nSPS) is 10.9. The molecule has 3 aromatic rings. The number of fused-ring (bicyclic) bond motifs is 1. The molecule has 23 heavy (non-hydrogen) atoms. The number of amides is 1. The molecule has 1 aromatic heterocycles. The molecule has 0 atom stereocenters. The zero-order chi connectivity index (χ0) is 16.4. The minimum Gasteiger partial charge on any atom is -0.451 e. The molecule has 0 fully saturated rings. The van der Waals surface area contributed by atoms with Gasteiger partial charge >= 0.3 is 0 Å². The first-order chi connectivity index (χ1) is 11.1. The van der Waals surface area contributed by atoms with Crippen LogP contribution < -0.4 is 5.32 Å². The van der Waals surface area contributed by atoms with Crippen LogP contribution in [0.3, 0.4) is 0 Å². The predicted octanol–water partition coefficient (Wildman–Crippen LogP) is 4.90. The van der Waals surface area contributed by atoms with Crippen LogP contribution in [-0.2, 0) is 11.3 Å². The Labute approximate surface area is 142 Å². The number of ether oxygens (including phenoxy) is 1. The number of methoxy groups -OCH3 is 1. The van der Waals surface area contributed by atoms with Gasteiger partial charge in [-0.2, -0.15) is 0 Å². The first-order valence-corrected chi connectivity index (χ1v) is 7.96. The molecular weight excluding hydrogens is 358 g/mol. The van der Waals surface area contributed by atoms with Gasteiger partial charge < -0.3 is 14.5 Å². The van der Waals surface area contributed by atoms with Crippen molar-refractivity contribution < 1.29 is 13.9 Å². The molecule has 2 aromatic carbocycles. The fraction of sp³-hybridized carbons (Fsp3) is 0.167. The van der Waals surface area contributed by atoms with E-state index in [1.807, 2.05) is 49.4 Å². The Morgan fingerprint density at radius 1 is 1.26 bits per heavy atom. The lowest BCUT2D eigenvalue weighted by Crippen LogP contribution is -2.13. The maximum Gasteiger partial charge on any atom is 0.291 e. The van der Waals surface area contributed by atoms with Gasteiger partial charge in [0.15, 0.2) is 5.76 Å². The van der Waals surface area contributed by atoms with Gasteiger partial charge in [0.1, 0.15) is 5.58 Å². The van der Waals surface area contributed by atoms with E-state index in [1.54, 1.807) is 7.11 Å². The number of halogens is 1. The third kappa shape index (κ3) is 3.16. The molecule has 0 aliphatic carbocycles. The lowest BCUT2D eigenvalue weighted by Gasteiger charge is -2.08. The van der Waals surface area contributed by atoms with Crippen molar-refractivity contribution in [2.24, 2.45) is 0 Å². The van der Waals surface area contributed by atoms with E-state index in [0.29, 0.717) is 17.9 Å². The first kappa shape index (κ1) is 15.8. The van der Waals surface area contributed by atoms with Crippen LogP contribution in [0.1, 0.15) is 21.7 Å². The van der Waals surface area contributed by atoms with E-state index in [-0.39, 0.29) is 11.7 Å². The number of nitrogens with one attached hydrogen (secondary N) is 1. The molecule has 0 spiro atoms. The van der Waals surface area contributed by atoms with Crippen LogP contribution in [0.2, 0.25) is 0 Å². The molecule has 0 aliphatic rings. The minimum atomic E-state index is -0.294. The molecule has 4 nitrogen and oxygen atoms in total.